The first kappa shape index (κ1) is 34.0. The SMILES string of the molecule is CCCCCCCCC/C=C/c1cccc(/N=C(CCCC)/C(CCCCCC)=N/c2ccccc2)c1.[Ni]. The zero-order valence-corrected chi connectivity index (χ0v) is 25.4. The van der Waals surface area contributed by atoms with Crippen LogP contribution in [0.5, 0.6) is 0 Å². The largest absolute Gasteiger partial charge is 0.252 e. The molecule has 0 aliphatic rings. The Labute approximate surface area is 244 Å². The second kappa shape index (κ2) is 22.9. The van der Waals surface area contributed by atoms with Crippen LogP contribution in [0, 0.1) is 0 Å². The Morgan fingerprint density at radius 3 is 1.82 bits per heavy atom. The van der Waals surface area contributed by atoms with Crippen molar-refractivity contribution in [2.45, 2.75) is 124 Å². The van der Waals surface area contributed by atoms with Crippen molar-refractivity contribution in [2.24, 2.45) is 9.98 Å². The van der Waals surface area contributed by atoms with Crippen molar-refractivity contribution in [3.05, 3.63) is 66.2 Å². The van der Waals surface area contributed by atoms with Crippen LogP contribution in [0.4, 0.5) is 11.4 Å². The van der Waals surface area contributed by atoms with Gasteiger partial charge in [0, 0.05) is 16.5 Å². The minimum absolute atomic E-state index is 0. The molecular formula is C35H52N2Ni. The van der Waals surface area contributed by atoms with Gasteiger partial charge in [-0.3, -0.25) is 9.98 Å². The monoisotopic (exact) mass is 558 g/mol. The van der Waals surface area contributed by atoms with Crippen LogP contribution in [0.3, 0.4) is 0 Å². The third kappa shape index (κ3) is 15.4. The predicted molar refractivity (Wildman–Crippen MR) is 167 cm³/mol. The van der Waals surface area contributed by atoms with Gasteiger partial charge in [-0.05, 0) is 68.4 Å². The van der Waals surface area contributed by atoms with E-state index in [0.29, 0.717) is 0 Å². The van der Waals surface area contributed by atoms with Crippen molar-refractivity contribution in [3.8, 4) is 0 Å². The van der Waals surface area contributed by atoms with Gasteiger partial charge in [-0.1, -0.05) is 127 Å². The molecular weight excluding hydrogens is 507 g/mol. The van der Waals surface area contributed by atoms with Gasteiger partial charge in [0.1, 0.15) is 0 Å². The number of allylic oxidation sites excluding steroid dienone is 1. The van der Waals surface area contributed by atoms with Gasteiger partial charge < -0.3 is 0 Å². The summed E-state index contributed by atoms with van der Waals surface area (Å²) in [5, 5.41) is 0. The minimum Gasteiger partial charge on any atom is -0.252 e. The topological polar surface area (TPSA) is 24.7 Å². The predicted octanol–water partition coefficient (Wildman–Crippen LogP) is 11.8. The van der Waals surface area contributed by atoms with Crippen LogP contribution in [-0.4, -0.2) is 11.4 Å². The van der Waals surface area contributed by atoms with Crippen molar-refractivity contribution in [3.63, 3.8) is 0 Å². The first-order valence-corrected chi connectivity index (χ1v) is 15.2. The molecule has 0 heterocycles. The molecule has 0 radical (unpaired) electrons. The summed E-state index contributed by atoms with van der Waals surface area (Å²) in [6.45, 7) is 6.80. The van der Waals surface area contributed by atoms with Gasteiger partial charge in [-0.2, -0.15) is 0 Å². The van der Waals surface area contributed by atoms with E-state index >= 15 is 0 Å². The maximum Gasteiger partial charge on any atom is 0.0639 e. The van der Waals surface area contributed by atoms with Gasteiger partial charge in [0.25, 0.3) is 0 Å². The Kier molecular flexibility index (Phi) is 20.6. The summed E-state index contributed by atoms with van der Waals surface area (Å²) >= 11 is 0. The van der Waals surface area contributed by atoms with Crippen molar-refractivity contribution < 1.29 is 16.5 Å². The summed E-state index contributed by atoms with van der Waals surface area (Å²) in [6, 6.07) is 19.1. The molecule has 0 saturated heterocycles. The van der Waals surface area contributed by atoms with Crippen molar-refractivity contribution in [2.75, 3.05) is 0 Å². The molecule has 3 heteroatoms. The molecule has 0 saturated carbocycles. The van der Waals surface area contributed by atoms with Crippen molar-refractivity contribution in [1.29, 1.82) is 0 Å². The Bertz CT molecular complexity index is 930. The molecule has 0 aromatic heterocycles. The summed E-state index contributed by atoms with van der Waals surface area (Å²) in [6.07, 6.45) is 24.5. The average Bonchev–Trinajstić information content (AvgIpc) is 2.92. The molecule has 0 aliphatic heterocycles. The number of rotatable bonds is 20. The fraction of sp³-hybridized carbons (Fsp3) is 0.543. The fourth-order valence-corrected chi connectivity index (χ4v) is 4.54. The molecule has 2 nitrogen and oxygen atoms in total. The standard InChI is InChI=1S/C35H52N2.Ni/c1-4-7-10-12-13-14-15-16-18-23-31-24-22-27-33(30-31)37-34(28-9-6-3)35(29-21-11-8-5-2)36-32-25-19-17-20-26-32;/h17-20,22-27,30H,4-16,21,28-29H2,1-3H3;/b23-18+,36-35+,37-34+;. The third-order valence-electron chi connectivity index (χ3n) is 6.81. The van der Waals surface area contributed by atoms with Gasteiger partial charge in [0.05, 0.1) is 22.8 Å². The van der Waals surface area contributed by atoms with Crippen LogP contribution in [0.1, 0.15) is 129 Å². The van der Waals surface area contributed by atoms with Gasteiger partial charge >= 0.3 is 0 Å². The number of nitrogens with zero attached hydrogens (tertiary/aromatic N) is 2. The Hall–Kier alpha value is -1.99. The van der Waals surface area contributed by atoms with Crippen molar-refractivity contribution >= 4 is 28.9 Å². The van der Waals surface area contributed by atoms with E-state index in [1.165, 1.54) is 76.2 Å². The van der Waals surface area contributed by atoms with Crippen LogP contribution < -0.4 is 0 Å². The number of aliphatic imine (C=N–C) groups is 2. The molecule has 2 aromatic carbocycles. The molecule has 0 N–H and O–H groups in total. The van der Waals surface area contributed by atoms with E-state index in [2.05, 4.69) is 87.5 Å². The number of hydrogen-bond acceptors (Lipinski definition) is 2. The Morgan fingerprint density at radius 1 is 0.579 bits per heavy atom. The van der Waals surface area contributed by atoms with E-state index in [9.17, 15) is 0 Å². The summed E-state index contributed by atoms with van der Waals surface area (Å²) < 4.78 is 0. The molecule has 0 atom stereocenters. The molecule has 0 spiro atoms. The van der Waals surface area contributed by atoms with E-state index in [4.69, 9.17) is 9.98 Å². The van der Waals surface area contributed by atoms with Crippen molar-refractivity contribution in [1.82, 2.24) is 0 Å². The van der Waals surface area contributed by atoms with E-state index in [1.807, 2.05) is 0 Å². The van der Waals surface area contributed by atoms with E-state index < -0.39 is 0 Å². The maximum absolute atomic E-state index is 5.20. The van der Waals surface area contributed by atoms with Crippen LogP contribution in [0.15, 0.2) is 70.7 Å². The zero-order valence-electron chi connectivity index (χ0n) is 24.4. The first-order chi connectivity index (χ1) is 18.3. The summed E-state index contributed by atoms with van der Waals surface area (Å²) in [5.74, 6) is 0. The molecule has 0 amide bonds. The average molecular weight is 560 g/mol. The Morgan fingerprint density at radius 2 is 1.13 bits per heavy atom. The number of hydrogen-bond donors (Lipinski definition) is 0. The van der Waals surface area contributed by atoms with E-state index in [-0.39, 0.29) is 16.5 Å². The number of benzene rings is 2. The molecule has 2 rings (SSSR count). The molecule has 0 unspecified atom stereocenters. The van der Waals surface area contributed by atoms with Crippen LogP contribution in [0.25, 0.3) is 6.08 Å². The summed E-state index contributed by atoms with van der Waals surface area (Å²) in [4.78, 5) is 10.3. The third-order valence-corrected chi connectivity index (χ3v) is 6.81. The molecule has 0 fully saturated rings. The first-order valence-electron chi connectivity index (χ1n) is 15.2. The second-order valence-corrected chi connectivity index (χ2v) is 10.3. The quantitative estimate of drug-likeness (QED) is 0.0876. The normalized spacial score (nSPS) is 12.2. The molecule has 2 aromatic rings. The fourth-order valence-electron chi connectivity index (χ4n) is 4.54. The van der Waals surface area contributed by atoms with Gasteiger partial charge in [-0.25, -0.2) is 0 Å². The molecule has 38 heavy (non-hydrogen) atoms. The number of para-hydroxylation sites is 1. The Balaban J connectivity index is 0.00000722. The van der Waals surface area contributed by atoms with Crippen LogP contribution in [-0.2, 0) is 16.5 Å². The molecule has 0 bridgehead atoms. The van der Waals surface area contributed by atoms with Gasteiger partial charge in [0.15, 0.2) is 0 Å². The van der Waals surface area contributed by atoms with E-state index in [0.717, 1.165) is 54.9 Å². The summed E-state index contributed by atoms with van der Waals surface area (Å²) in [7, 11) is 0. The molecule has 0 aliphatic carbocycles. The molecule has 212 valence electrons. The minimum atomic E-state index is 0. The maximum atomic E-state index is 5.20. The van der Waals surface area contributed by atoms with Crippen LogP contribution >= 0.6 is 0 Å². The van der Waals surface area contributed by atoms with Crippen LogP contribution in [0.2, 0.25) is 0 Å². The zero-order chi connectivity index (χ0) is 26.4. The van der Waals surface area contributed by atoms with Gasteiger partial charge in [0.2, 0.25) is 0 Å². The summed E-state index contributed by atoms with van der Waals surface area (Å²) in [5.41, 5.74) is 5.63. The number of unbranched alkanes of at least 4 members (excludes halogenated alkanes) is 11. The second-order valence-electron chi connectivity index (χ2n) is 10.3. The smallest absolute Gasteiger partial charge is 0.0639 e. The van der Waals surface area contributed by atoms with Gasteiger partial charge in [-0.15, -0.1) is 0 Å². The van der Waals surface area contributed by atoms with E-state index in [1.54, 1.807) is 0 Å².